The first-order chi connectivity index (χ1) is 8.01. The molecule has 0 aliphatic carbocycles. The van der Waals surface area contributed by atoms with Crippen LogP contribution >= 0.6 is 0 Å². The standard InChI is InChI=1S/C11H10N2O4/c1-3-17-11(14)8-4-7(2)10(13(15)16)9(5-8)6-12/h4-5H,3H2,1-2H3. The Morgan fingerprint density at radius 3 is 2.71 bits per heavy atom. The van der Waals surface area contributed by atoms with Crippen LogP contribution < -0.4 is 0 Å². The molecule has 0 saturated heterocycles. The lowest BCUT2D eigenvalue weighted by Crippen LogP contribution is -2.07. The Bertz CT molecular complexity index is 517. The minimum Gasteiger partial charge on any atom is -0.462 e. The van der Waals surface area contributed by atoms with Crippen LogP contribution in [-0.4, -0.2) is 17.5 Å². The van der Waals surface area contributed by atoms with E-state index in [1.165, 1.54) is 19.1 Å². The van der Waals surface area contributed by atoms with Crippen LogP contribution in [0.1, 0.15) is 28.4 Å². The Balaban J connectivity index is 3.33. The molecule has 88 valence electrons. The first-order valence-corrected chi connectivity index (χ1v) is 4.87. The van der Waals surface area contributed by atoms with Crippen LogP contribution in [0.3, 0.4) is 0 Å². The molecule has 0 aliphatic rings. The summed E-state index contributed by atoms with van der Waals surface area (Å²) in [5, 5.41) is 19.6. The van der Waals surface area contributed by atoms with Crippen molar-refractivity contribution in [1.29, 1.82) is 5.26 Å². The zero-order valence-electron chi connectivity index (χ0n) is 9.39. The monoisotopic (exact) mass is 234 g/mol. The molecule has 1 aromatic carbocycles. The lowest BCUT2D eigenvalue weighted by atomic mass is 10.0. The number of hydrogen-bond donors (Lipinski definition) is 0. The Morgan fingerprint density at radius 1 is 1.59 bits per heavy atom. The molecule has 0 saturated carbocycles. The summed E-state index contributed by atoms with van der Waals surface area (Å²) in [4.78, 5) is 21.6. The van der Waals surface area contributed by atoms with Gasteiger partial charge in [-0.3, -0.25) is 10.1 Å². The zero-order chi connectivity index (χ0) is 13.0. The van der Waals surface area contributed by atoms with Crippen molar-refractivity contribution in [2.75, 3.05) is 6.61 Å². The van der Waals surface area contributed by atoms with Crippen LogP contribution in [-0.2, 0) is 4.74 Å². The van der Waals surface area contributed by atoms with Gasteiger partial charge in [-0.2, -0.15) is 5.26 Å². The number of nitro benzene ring substituents is 1. The lowest BCUT2D eigenvalue weighted by Gasteiger charge is -2.04. The van der Waals surface area contributed by atoms with E-state index in [9.17, 15) is 14.9 Å². The van der Waals surface area contributed by atoms with Gasteiger partial charge in [-0.25, -0.2) is 4.79 Å². The molecule has 0 bridgehead atoms. The van der Waals surface area contributed by atoms with Crippen molar-refractivity contribution in [2.45, 2.75) is 13.8 Å². The molecule has 6 nitrogen and oxygen atoms in total. The summed E-state index contributed by atoms with van der Waals surface area (Å²) in [6, 6.07) is 4.22. The largest absolute Gasteiger partial charge is 0.462 e. The number of rotatable bonds is 3. The van der Waals surface area contributed by atoms with Crippen molar-refractivity contribution in [2.24, 2.45) is 0 Å². The molecular weight excluding hydrogens is 224 g/mol. The quantitative estimate of drug-likeness (QED) is 0.452. The van der Waals surface area contributed by atoms with Gasteiger partial charge in [0.15, 0.2) is 0 Å². The molecular formula is C11H10N2O4. The number of nitrogens with zero attached hydrogens (tertiary/aromatic N) is 2. The van der Waals surface area contributed by atoms with Gasteiger partial charge >= 0.3 is 5.97 Å². The fourth-order valence-electron chi connectivity index (χ4n) is 1.44. The second-order valence-electron chi connectivity index (χ2n) is 3.28. The van der Waals surface area contributed by atoms with Gasteiger partial charge in [0.05, 0.1) is 17.1 Å². The van der Waals surface area contributed by atoms with Crippen molar-refractivity contribution >= 4 is 11.7 Å². The van der Waals surface area contributed by atoms with E-state index in [1.54, 1.807) is 13.0 Å². The lowest BCUT2D eigenvalue weighted by molar-refractivity contribution is -0.385. The highest BCUT2D eigenvalue weighted by Crippen LogP contribution is 2.24. The van der Waals surface area contributed by atoms with Crippen molar-refractivity contribution in [3.05, 3.63) is 38.9 Å². The zero-order valence-corrected chi connectivity index (χ0v) is 9.39. The molecule has 0 fully saturated rings. The SMILES string of the molecule is CCOC(=O)c1cc(C)c([N+](=O)[O-])c(C#N)c1. The highest BCUT2D eigenvalue weighted by molar-refractivity contribution is 5.90. The summed E-state index contributed by atoms with van der Waals surface area (Å²) in [7, 11) is 0. The third-order valence-corrected chi connectivity index (χ3v) is 2.11. The van der Waals surface area contributed by atoms with E-state index >= 15 is 0 Å². The molecule has 0 aliphatic heterocycles. The van der Waals surface area contributed by atoms with Crippen LogP contribution in [0, 0.1) is 28.4 Å². The van der Waals surface area contributed by atoms with Gasteiger partial charge in [-0.05, 0) is 26.0 Å². The Morgan fingerprint density at radius 2 is 2.24 bits per heavy atom. The fourth-order valence-corrected chi connectivity index (χ4v) is 1.44. The molecule has 0 heterocycles. The van der Waals surface area contributed by atoms with E-state index in [0.29, 0.717) is 0 Å². The Labute approximate surface area is 97.6 Å². The van der Waals surface area contributed by atoms with Crippen LogP contribution in [0.5, 0.6) is 0 Å². The molecule has 0 spiro atoms. The minimum absolute atomic E-state index is 0.141. The van der Waals surface area contributed by atoms with Crippen molar-refractivity contribution in [3.63, 3.8) is 0 Å². The van der Waals surface area contributed by atoms with Gasteiger partial charge in [0.2, 0.25) is 0 Å². The number of nitriles is 1. The number of esters is 1. The molecule has 17 heavy (non-hydrogen) atoms. The average Bonchev–Trinajstić information content (AvgIpc) is 2.27. The van der Waals surface area contributed by atoms with Crippen molar-refractivity contribution in [1.82, 2.24) is 0 Å². The van der Waals surface area contributed by atoms with E-state index in [1.807, 2.05) is 0 Å². The van der Waals surface area contributed by atoms with Crippen molar-refractivity contribution in [3.8, 4) is 6.07 Å². The molecule has 0 radical (unpaired) electrons. The predicted octanol–water partition coefficient (Wildman–Crippen LogP) is 1.95. The number of nitro groups is 1. The highest BCUT2D eigenvalue weighted by atomic mass is 16.6. The summed E-state index contributed by atoms with van der Waals surface area (Å²) in [5.41, 5.74) is -0.0118. The molecule has 0 atom stereocenters. The third kappa shape index (κ3) is 2.58. The van der Waals surface area contributed by atoms with Gasteiger partial charge < -0.3 is 4.74 Å². The molecule has 0 amide bonds. The van der Waals surface area contributed by atoms with Crippen LogP contribution in [0.4, 0.5) is 5.69 Å². The second-order valence-corrected chi connectivity index (χ2v) is 3.28. The normalized spacial score (nSPS) is 9.47. The summed E-state index contributed by atoms with van der Waals surface area (Å²) < 4.78 is 4.76. The average molecular weight is 234 g/mol. The number of hydrogen-bond acceptors (Lipinski definition) is 5. The number of carbonyl (C=O) groups excluding carboxylic acids is 1. The molecule has 1 aromatic rings. The van der Waals surface area contributed by atoms with E-state index in [4.69, 9.17) is 10.00 Å². The van der Waals surface area contributed by atoms with E-state index < -0.39 is 10.9 Å². The van der Waals surface area contributed by atoms with E-state index in [-0.39, 0.29) is 29.0 Å². The van der Waals surface area contributed by atoms with Gasteiger partial charge in [0, 0.05) is 5.56 Å². The van der Waals surface area contributed by atoms with Crippen LogP contribution in [0.2, 0.25) is 0 Å². The molecule has 1 rings (SSSR count). The molecule has 0 N–H and O–H groups in total. The van der Waals surface area contributed by atoms with Crippen LogP contribution in [0.15, 0.2) is 12.1 Å². The Kier molecular flexibility index (Phi) is 3.78. The van der Waals surface area contributed by atoms with Gasteiger partial charge in [-0.15, -0.1) is 0 Å². The second kappa shape index (κ2) is 5.07. The van der Waals surface area contributed by atoms with Gasteiger partial charge in [-0.1, -0.05) is 0 Å². The number of ether oxygens (including phenoxy) is 1. The van der Waals surface area contributed by atoms with Crippen LogP contribution in [0.25, 0.3) is 0 Å². The summed E-state index contributed by atoms with van der Waals surface area (Å²) in [6.45, 7) is 3.33. The van der Waals surface area contributed by atoms with Crippen molar-refractivity contribution < 1.29 is 14.5 Å². The number of carbonyl (C=O) groups is 1. The van der Waals surface area contributed by atoms with Gasteiger partial charge in [0.1, 0.15) is 11.6 Å². The molecule has 6 heteroatoms. The molecule has 0 aromatic heterocycles. The minimum atomic E-state index is -0.636. The topological polar surface area (TPSA) is 93.2 Å². The fraction of sp³-hybridized carbons (Fsp3) is 0.273. The number of benzene rings is 1. The smallest absolute Gasteiger partial charge is 0.338 e. The summed E-state index contributed by atoms with van der Waals surface area (Å²) in [6.07, 6.45) is 0. The number of aryl methyl sites for hydroxylation is 1. The van der Waals surface area contributed by atoms with E-state index in [0.717, 1.165) is 0 Å². The summed E-state index contributed by atoms with van der Waals surface area (Å²) in [5.74, 6) is -0.595. The maximum absolute atomic E-state index is 11.4. The first-order valence-electron chi connectivity index (χ1n) is 4.87. The van der Waals surface area contributed by atoms with E-state index in [2.05, 4.69) is 0 Å². The maximum atomic E-state index is 11.4. The van der Waals surface area contributed by atoms with Gasteiger partial charge in [0.25, 0.3) is 5.69 Å². The highest BCUT2D eigenvalue weighted by Gasteiger charge is 2.21. The maximum Gasteiger partial charge on any atom is 0.338 e. The third-order valence-electron chi connectivity index (χ3n) is 2.11. The Hall–Kier alpha value is -2.42. The first kappa shape index (κ1) is 12.6. The molecule has 0 unspecified atom stereocenters. The predicted molar refractivity (Wildman–Crippen MR) is 58.5 cm³/mol. The summed E-state index contributed by atoms with van der Waals surface area (Å²) >= 11 is 0.